The molecule has 17 heavy (non-hydrogen) atoms. The highest BCUT2D eigenvalue weighted by atomic mass is 15.3. The van der Waals surface area contributed by atoms with Crippen LogP contribution in [-0.4, -0.2) is 26.1 Å². The Morgan fingerprint density at radius 2 is 2.24 bits per heavy atom. The molecule has 1 saturated carbocycles. The van der Waals surface area contributed by atoms with Crippen molar-refractivity contribution in [2.24, 2.45) is 5.92 Å². The van der Waals surface area contributed by atoms with Crippen LogP contribution in [0.5, 0.6) is 0 Å². The van der Waals surface area contributed by atoms with E-state index in [2.05, 4.69) is 20.4 Å². The highest BCUT2D eigenvalue weighted by Gasteiger charge is 2.15. The molecule has 3 rings (SSSR count). The lowest BCUT2D eigenvalue weighted by Crippen LogP contribution is -2.14. The van der Waals surface area contributed by atoms with E-state index in [9.17, 15) is 0 Å². The van der Waals surface area contributed by atoms with Crippen LogP contribution in [0.15, 0.2) is 12.4 Å². The fourth-order valence-corrected chi connectivity index (χ4v) is 2.52. The van der Waals surface area contributed by atoms with Crippen LogP contribution in [0.4, 0.5) is 5.82 Å². The van der Waals surface area contributed by atoms with E-state index in [1.807, 2.05) is 13.0 Å². The SMILES string of the molecule is Cc1cc(NCC2CCCC2)n2ncnc2n1. The molecule has 2 aromatic heterocycles. The molecule has 0 amide bonds. The fourth-order valence-electron chi connectivity index (χ4n) is 2.52. The summed E-state index contributed by atoms with van der Waals surface area (Å²) >= 11 is 0. The van der Waals surface area contributed by atoms with Gasteiger partial charge in [-0.2, -0.15) is 14.6 Å². The summed E-state index contributed by atoms with van der Waals surface area (Å²) in [6.45, 7) is 3.01. The topological polar surface area (TPSA) is 55.1 Å². The number of hydrogen-bond acceptors (Lipinski definition) is 4. The summed E-state index contributed by atoms with van der Waals surface area (Å²) in [5.74, 6) is 2.47. The van der Waals surface area contributed by atoms with Crippen molar-refractivity contribution in [1.29, 1.82) is 0 Å². The van der Waals surface area contributed by atoms with Gasteiger partial charge >= 0.3 is 0 Å². The van der Waals surface area contributed by atoms with Gasteiger partial charge < -0.3 is 5.32 Å². The number of aryl methyl sites for hydroxylation is 1. The maximum atomic E-state index is 4.33. The molecule has 2 heterocycles. The highest BCUT2D eigenvalue weighted by Crippen LogP contribution is 2.25. The van der Waals surface area contributed by atoms with Gasteiger partial charge in [-0.1, -0.05) is 12.8 Å². The molecular formula is C12H17N5. The first-order valence-corrected chi connectivity index (χ1v) is 6.24. The second kappa shape index (κ2) is 4.31. The third kappa shape index (κ3) is 2.09. The Morgan fingerprint density at radius 1 is 1.41 bits per heavy atom. The van der Waals surface area contributed by atoms with Gasteiger partial charge in [-0.05, 0) is 25.7 Å². The zero-order valence-corrected chi connectivity index (χ0v) is 10.1. The first kappa shape index (κ1) is 10.5. The summed E-state index contributed by atoms with van der Waals surface area (Å²) in [5.41, 5.74) is 0.972. The van der Waals surface area contributed by atoms with E-state index in [4.69, 9.17) is 0 Å². The second-order valence-electron chi connectivity index (χ2n) is 4.79. The van der Waals surface area contributed by atoms with E-state index in [1.165, 1.54) is 25.7 Å². The fraction of sp³-hybridized carbons (Fsp3) is 0.583. The van der Waals surface area contributed by atoms with E-state index in [-0.39, 0.29) is 0 Å². The van der Waals surface area contributed by atoms with Gasteiger partial charge in [0.1, 0.15) is 12.1 Å². The number of anilines is 1. The number of fused-ring (bicyclic) bond motifs is 1. The molecule has 0 aromatic carbocycles. The van der Waals surface area contributed by atoms with Gasteiger partial charge in [0, 0.05) is 18.3 Å². The number of nitrogens with one attached hydrogen (secondary N) is 1. The Kier molecular flexibility index (Phi) is 2.66. The average Bonchev–Trinajstić information content (AvgIpc) is 2.95. The Hall–Kier alpha value is -1.65. The molecule has 5 nitrogen and oxygen atoms in total. The first-order valence-electron chi connectivity index (χ1n) is 6.24. The molecule has 90 valence electrons. The lowest BCUT2D eigenvalue weighted by Gasteiger charge is -2.12. The smallest absolute Gasteiger partial charge is 0.254 e. The quantitative estimate of drug-likeness (QED) is 0.878. The number of aromatic nitrogens is 4. The Morgan fingerprint density at radius 3 is 3.06 bits per heavy atom. The van der Waals surface area contributed by atoms with Gasteiger partial charge in [0.2, 0.25) is 0 Å². The van der Waals surface area contributed by atoms with E-state index < -0.39 is 0 Å². The largest absolute Gasteiger partial charge is 0.370 e. The average molecular weight is 231 g/mol. The molecule has 0 saturated heterocycles. The zero-order chi connectivity index (χ0) is 11.7. The molecule has 1 N–H and O–H groups in total. The van der Waals surface area contributed by atoms with E-state index >= 15 is 0 Å². The summed E-state index contributed by atoms with van der Waals surface area (Å²) in [6.07, 6.45) is 6.98. The minimum Gasteiger partial charge on any atom is -0.370 e. The molecule has 2 aromatic rings. The molecule has 0 aliphatic heterocycles. The van der Waals surface area contributed by atoms with Gasteiger partial charge in [-0.3, -0.25) is 0 Å². The van der Waals surface area contributed by atoms with Gasteiger partial charge in [0.15, 0.2) is 0 Å². The van der Waals surface area contributed by atoms with E-state index in [0.717, 1.165) is 24.0 Å². The summed E-state index contributed by atoms with van der Waals surface area (Å²) in [5, 5.41) is 7.66. The minimum absolute atomic E-state index is 0.666. The van der Waals surface area contributed by atoms with Crippen molar-refractivity contribution in [2.75, 3.05) is 11.9 Å². The van der Waals surface area contributed by atoms with Crippen LogP contribution in [0.3, 0.4) is 0 Å². The highest BCUT2D eigenvalue weighted by molar-refractivity contribution is 5.44. The number of rotatable bonds is 3. The van der Waals surface area contributed by atoms with Crippen molar-refractivity contribution in [2.45, 2.75) is 32.6 Å². The van der Waals surface area contributed by atoms with Crippen LogP contribution in [0.2, 0.25) is 0 Å². The molecular weight excluding hydrogens is 214 g/mol. The van der Waals surface area contributed by atoms with Crippen molar-refractivity contribution < 1.29 is 0 Å². The maximum Gasteiger partial charge on any atom is 0.254 e. The van der Waals surface area contributed by atoms with Crippen molar-refractivity contribution in [3.8, 4) is 0 Å². The van der Waals surface area contributed by atoms with Crippen LogP contribution in [0.1, 0.15) is 31.4 Å². The van der Waals surface area contributed by atoms with Crippen molar-refractivity contribution in [3.05, 3.63) is 18.1 Å². The third-order valence-electron chi connectivity index (χ3n) is 3.43. The van der Waals surface area contributed by atoms with Crippen molar-refractivity contribution >= 4 is 11.6 Å². The molecule has 0 bridgehead atoms. The van der Waals surface area contributed by atoms with Crippen LogP contribution in [0.25, 0.3) is 5.78 Å². The normalized spacial score (nSPS) is 16.8. The monoisotopic (exact) mass is 231 g/mol. The summed E-state index contributed by atoms with van der Waals surface area (Å²) in [7, 11) is 0. The third-order valence-corrected chi connectivity index (χ3v) is 3.43. The lowest BCUT2D eigenvalue weighted by atomic mass is 10.1. The van der Waals surface area contributed by atoms with Crippen LogP contribution in [0, 0.1) is 12.8 Å². The molecule has 0 radical (unpaired) electrons. The van der Waals surface area contributed by atoms with Crippen molar-refractivity contribution in [1.82, 2.24) is 19.6 Å². The molecule has 0 atom stereocenters. The Balaban J connectivity index is 1.81. The van der Waals surface area contributed by atoms with Crippen LogP contribution >= 0.6 is 0 Å². The summed E-state index contributed by atoms with van der Waals surface area (Å²) < 4.78 is 1.77. The van der Waals surface area contributed by atoms with Crippen LogP contribution in [-0.2, 0) is 0 Å². The minimum atomic E-state index is 0.666. The van der Waals surface area contributed by atoms with Gasteiger partial charge in [-0.25, -0.2) is 4.98 Å². The standard InChI is InChI=1S/C12H17N5/c1-9-6-11(13-7-10-4-2-3-5-10)17-12(16-9)14-8-15-17/h6,8,10,13H,2-5,7H2,1H3. The molecule has 0 spiro atoms. The van der Waals surface area contributed by atoms with Crippen LogP contribution < -0.4 is 5.32 Å². The van der Waals surface area contributed by atoms with Gasteiger partial charge in [-0.15, -0.1) is 0 Å². The number of nitrogens with zero attached hydrogens (tertiary/aromatic N) is 4. The second-order valence-corrected chi connectivity index (χ2v) is 4.79. The predicted molar refractivity (Wildman–Crippen MR) is 66.0 cm³/mol. The molecule has 1 aliphatic carbocycles. The van der Waals surface area contributed by atoms with E-state index in [1.54, 1.807) is 10.8 Å². The van der Waals surface area contributed by atoms with Crippen molar-refractivity contribution in [3.63, 3.8) is 0 Å². The zero-order valence-electron chi connectivity index (χ0n) is 10.1. The molecule has 5 heteroatoms. The maximum absolute atomic E-state index is 4.33. The Bertz CT molecular complexity index is 513. The summed E-state index contributed by atoms with van der Waals surface area (Å²) in [4.78, 5) is 8.45. The molecule has 1 fully saturated rings. The van der Waals surface area contributed by atoms with Gasteiger partial charge in [0.25, 0.3) is 5.78 Å². The molecule has 0 unspecified atom stereocenters. The van der Waals surface area contributed by atoms with E-state index in [0.29, 0.717) is 5.78 Å². The lowest BCUT2D eigenvalue weighted by molar-refractivity contribution is 0.577. The summed E-state index contributed by atoms with van der Waals surface area (Å²) in [6, 6.07) is 2.02. The number of hydrogen-bond donors (Lipinski definition) is 1. The molecule has 1 aliphatic rings. The predicted octanol–water partition coefficient (Wildman–Crippen LogP) is 2.03. The van der Waals surface area contributed by atoms with Gasteiger partial charge in [0.05, 0.1) is 0 Å². The Labute approximate surface area is 100 Å². The first-order chi connectivity index (χ1) is 8.33.